The van der Waals surface area contributed by atoms with Gasteiger partial charge in [0.25, 0.3) is 0 Å². The summed E-state index contributed by atoms with van der Waals surface area (Å²) in [7, 11) is 0. The van der Waals surface area contributed by atoms with Crippen LogP contribution in [0.4, 0.5) is 0 Å². The molecule has 2 aromatic carbocycles. The maximum Gasteiger partial charge on any atom is 0.243 e. The van der Waals surface area contributed by atoms with Crippen molar-refractivity contribution in [2.24, 2.45) is 0 Å². The van der Waals surface area contributed by atoms with Gasteiger partial charge in [-0.3, -0.25) is 4.79 Å². The van der Waals surface area contributed by atoms with Crippen LogP contribution in [0.15, 0.2) is 48.5 Å². The van der Waals surface area contributed by atoms with E-state index in [0.717, 1.165) is 12.0 Å². The number of nitrogens with one attached hydrogen (secondary N) is 1. The Balaban J connectivity index is 1.35. The second kappa shape index (κ2) is 6.71. The lowest BCUT2D eigenvalue weighted by Crippen LogP contribution is -2.31. The van der Waals surface area contributed by atoms with Gasteiger partial charge in [-0.15, -0.1) is 10.2 Å². The van der Waals surface area contributed by atoms with E-state index < -0.39 is 0 Å². The van der Waals surface area contributed by atoms with Crippen LogP contribution in [-0.4, -0.2) is 32.2 Å². The Morgan fingerprint density at radius 2 is 1.92 bits per heavy atom. The molecule has 1 saturated carbocycles. The summed E-state index contributed by atoms with van der Waals surface area (Å²) >= 11 is 0. The molecule has 3 aromatic rings. The number of nitrogens with zero attached hydrogens (tertiary/aromatic N) is 4. The molecule has 6 nitrogen and oxygen atoms in total. The van der Waals surface area contributed by atoms with Crippen LogP contribution >= 0.6 is 0 Å². The molecule has 0 unspecified atom stereocenters. The molecule has 26 heavy (non-hydrogen) atoms. The van der Waals surface area contributed by atoms with Crippen molar-refractivity contribution in [3.05, 3.63) is 65.2 Å². The van der Waals surface area contributed by atoms with Crippen molar-refractivity contribution >= 4 is 5.91 Å². The first-order chi connectivity index (χ1) is 12.6. The van der Waals surface area contributed by atoms with Gasteiger partial charge in [0.15, 0.2) is 0 Å². The summed E-state index contributed by atoms with van der Waals surface area (Å²) < 4.78 is 0. The molecule has 132 valence electrons. The summed E-state index contributed by atoms with van der Waals surface area (Å²) in [6.07, 6.45) is 0.982. The molecule has 2 atom stereocenters. The van der Waals surface area contributed by atoms with Gasteiger partial charge in [-0.1, -0.05) is 54.1 Å². The molecule has 0 bridgehead atoms. The lowest BCUT2D eigenvalue weighted by atomic mass is 10.0. The largest absolute Gasteiger partial charge is 0.351 e. The highest BCUT2D eigenvalue weighted by Crippen LogP contribution is 2.42. The number of rotatable bonds is 5. The number of tetrazole rings is 1. The van der Waals surface area contributed by atoms with Crippen LogP contribution in [0.25, 0.3) is 11.4 Å². The minimum atomic E-state index is -0.0843. The zero-order chi connectivity index (χ0) is 18.1. The number of carbonyl (C=O) groups is 1. The molecule has 0 saturated heterocycles. The molecule has 6 heteroatoms. The zero-order valence-electron chi connectivity index (χ0n) is 14.9. The molecular weight excluding hydrogens is 326 g/mol. The fourth-order valence-corrected chi connectivity index (χ4v) is 3.21. The summed E-state index contributed by atoms with van der Waals surface area (Å²) in [4.78, 5) is 13.6. The van der Waals surface area contributed by atoms with Gasteiger partial charge in [0, 0.05) is 17.5 Å². The van der Waals surface area contributed by atoms with E-state index in [0.29, 0.717) is 11.7 Å². The van der Waals surface area contributed by atoms with Gasteiger partial charge in [0.05, 0.1) is 0 Å². The van der Waals surface area contributed by atoms with Crippen molar-refractivity contribution in [2.75, 3.05) is 0 Å². The first kappa shape index (κ1) is 16.4. The number of benzene rings is 2. The normalized spacial score (nSPS) is 18.5. The van der Waals surface area contributed by atoms with E-state index in [4.69, 9.17) is 0 Å². The van der Waals surface area contributed by atoms with E-state index in [1.807, 2.05) is 43.3 Å². The Morgan fingerprint density at radius 1 is 1.15 bits per heavy atom. The standard InChI is InChI=1S/C20H21N5O/c1-13-7-9-15(10-8-13)20-22-24-25(23-20)12-19(26)21-18-11-17(18)16-6-4-3-5-14(16)2/h3-10,17-18H,11-12H2,1-2H3,(H,21,26)/t17-,18-/m0/s1. The lowest BCUT2D eigenvalue weighted by molar-refractivity contribution is -0.122. The third kappa shape index (κ3) is 3.49. The van der Waals surface area contributed by atoms with E-state index in [9.17, 15) is 4.79 Å². The van der Waals surface area contributed by atoms with Gasteiger partial charge in [-0.25, -0.2) is 0 Å². The molecule has 1 N–H and O–H groups in total. The summed E-state index contributed by atoms with van der Waals surface area (Å²) in [5.74, 6) is 0.855. The van der Waals surface area contributed by atoms with Crippen LogP contribution in [-0.2, 0) is 11.3 Å². The molecule has 1 heterocycles. The Hall–Kier alpha value is -3.02. The average molecular weight is 347 g/mol. The minimum absolute atomic E-state index is 0.0792. The van der Waals surface area contributed by atoms with Crippen molar-refractivity contribution in [1.82, 2.24) is 25.5 Å². The van der Waals surface area contributed by atoms with Crippen LogP contribution in [0.3, 0.4) is 0 Å². The number of amides is 1. The maximum atomic E-state index is 12.3. The van der Waals surface area contributed by atoms with Crippen molar-refractivity contribution in [3.63, 3.8) is 0 Å². The van der Waals surface area contributed by atoms with Crippen molar-refractivity contribution in [3.8, 4) is 11.4 Å². The predicted octanol–water partition coefficient (Wildman–Crippen LogP) is 2.63. The van der Waals surface area contributed by atoms with E-state index in [2.05, 4.69) is 39.8 Å². The minimum Gasteiger partial charge on any atom is -0.351 e. The molecule has 1 aliphatic rings. The number of aromatic nitrogens is 4. The molecule has 1 aromatic heterocycles. The predicted molar refractivity (Wildman–Crippen MR) is 98.5 cm³/mol. The molecule has 0 radical (unpaired) electrons. The summed E-state index contributed by atoms with van der Waals surface area (Å²) in [6.45, 7) is 4.22. The van der Waals surface area contributed by atoms with Gasteiger partial charge in [0.2, 0.25) is 11.7 Å². The van der Waals surface area contributed by atoms with Crippen LogP contribution < -0.4 is 5.32 Å². The highest BCUT2D eigenvalue weighted by atomic mass is 16.2. The molecule has 1 aliphatic carbocycles. The van der Waals surface area contributed by atoms with Crippen LogP contribution in [0.5, 0.6) is 0 Å². The van der Waals surface area contributed by atoms with Gasteiger partial charge in [-0.2, -0.15) is 4.80 Å². The third-order valence-electron chi connectivity index (χ3n) is 4.77. The van der Waals surface area contributed by atoms with Crippen LogP contribution in [0.2, 0.25) is 0 Å². The quantitative estimate of drug-likeness (QED) is 0.770. The van der Waals surface area contributed by atoms with E-state index in [-0.39, 0.29) is 18.5 Å². The van der Waals surface area contributed by atoms with Crippen molar-refractivity contribution in [1.29, 1.82) is 0 Å². The fourth-order valence-electron chi connectivity index (χ4n) is 3.21. The SMILES string of the molecule is Cc1ccc(-c2nnn(CC(=O)N[C@H]3C[C@H]3c3ccccc3C)n2)cc1. The van der Waals surface area contributed by atoms with Crippen molar-refractivity contribution < 1.29 is 4.79 Å². The Morgan fingerprint density at radius 3 is 2.69 bits per heavy atom. The smallest absolute Gasteiger partial charge is 0.243 e. The molecule has 0 aliphatic heterocycles. The van der Waals surface area contributed by atoms with Crippen LogP contribution in [0.1, 0.15) is 29.0 Å². The van der Waals surface area contributed by atoms with E-state index in [1.165, 1.54) is 21.5 Å². The Bertz CT molecular complexity index is 931. The van der Waals surface area contributed by atoms with E-state index in [1.54, 1.807) is 0 Å². The Labute approximate surface area is 152 Å². The van der Waals surface area contributed by atoms with Crippen molar-refractivity contribution in [2.45, 2.75) is 38.8 Å². The second-order valence-corrected chi connectivity index (χ2v) is 6.88. The first-order valence-electron chi connectivity index (χ1n) is 8.80. The number of hydrogen-bond acceptors (Lipinski definition) is 4. The number of carbonyl (C=O) groups excluding carboxylic acids is 1. The highest BCUT2D eigenvalue weighted by molar-refractivity contribution is 5.76. The zero-order valence-corrected chi connectivity index (χ0v) is 14.9. The molecule has 1 amide bonds. The lowest BCUT2D eigenvalue weighted by Gasteiger charge is -2.06. The molecule has 1 fully saturated rings. The van der Waals surface area contributed by atoms with Gasteiger partial charge >= 0.3 is 0 Å². The number of hydrogen-bond donors (Lipinski definition) is 1. The monoisotopic (exact) mass is 347 g/mol. The molecule has 0 spiro atoms. The van der Waals surface area contributed by atoms with Gasteiger partial charge in [-0.05, 0) is 36.6 Å². The van der Waals surface area contributed by atoms with Gasteiger partial charge in [0.1, 0.15) is 6.54 Å². The van der Waals surface area contributed by atoms with E-state index >= 15 is 0 Å². The topological polar surface area (TPSA) is 72.7 Å². The first-order valence-corrected chi connectivity index (χ1v) is 8.80. The van der Waals surface area contributed by atoms with Crippen LogP contribution in [0, 0.1) is 13.8 Å². The van der Waals surface area contributed by atoms with Gasteiger partial charge < -0.3 is 5.32 Å². The average Bonchev–Trinajstić information content (AvgIpc) is 3.21. The Kier molecular flexibility index (Phi) is 4.24. The third-order valence-corrected chi connectivity index (χ3v) is 4.77. The summed E-state index contributed by atoms with van der Waals surface area (Å²) in [5, 5.41) is 15.4. The fraction of sp³-hybridized carbons (Fsp3) is 0.300. The summed E-state index contributed by atoms with van der Waals surface area (Å²) in [6, 6.07) is 16.4. The maximum absolute atomic E-state index is 12.3. The molecular formula is C20H21N5O. The second-order valence-electron chi connectivity index (χ2n) is 6.88. The summed E-state index contributed by atoms with van der Waals surface area (Å²) in [5.41, 5.74) is 4.66. The number of aryl methyl sites for hydroxylation is 2. The highest BCUT2D eigenvalue weighted by Gasteiger charge is 2.40. The molecule has 4 rings (SSSR count).